The van der Waals surface area contributed by atoms with Gasteiger partial charge in [-0.1, -0.05) is 36.4 Å². The first kappa shape index (κ1) is 19.5. The molecule has 0 saturated carbocycles. The Labute approximate surface area is 165 Å². The average molecular weight is 388 g/mol. The predicted molar refractivity (Wildman–Crippen MR) is 105 cm³/mol. The number of fused-ring (bicyclic) bond motifs is 1. The lowest BCUT2D eigenvalue weighted by Gasteiger charge is -2.10. The monoisotopic (exact) mass is 388 g/mol. The SMILES string of the molecule is C/C(N)=C(/C#N)C(=O)COC(=O)c1nn(-c2ccccc2)c(=O)c2ccccc12. The number of carbonyl (C=O) groups is 2. The van der Waals surface area contributed by atoms with E-state index < -0.39 is 23.9 Å². The molecule has 144 valence electrons. The van der Waals surface area contributed by atoms with Gasteiger partial charge in [0.05, 0.1) is 11.1 Å². The summed E-state index contributed by atoms with van der Waals surface area (Å²) >= 11 is 0. The van der Waals surface area contributed by atoms with Gasteiger partial charge in [-0.2, -0.15) is 15.0 Å². The van der Waals surface area contributed by atoms with Crippen molar-refractivity contribution >= 4 is 22.5 Å². The van der Waals surface area contributed by atoms with E-state index in [2.05, 4.69) is 5.10 Å². The maximum absolute atomic E-state index is 12.8. The second-order valence-corrected chi connectivity index (χ2v) is 6.12. The number of para-hydroxylation sites is 1. The van der Waals surface area contributed by atoms with Gasteiger partial charge in [0.1, 0.15) is 11.6 Å². The van der Waals surface area contributed by atoms with Gasteiger partial charge >= 0.3 is 5.97 Å². The lowest BCUT2D eigenvalue weighted by atomic mass is 10.1. The van der Waals surface area contributed by atoms with Gasteiger partial charge in [0.25, 0.3) is 5.56 Å². The van der Waals surface area contributed by atoms with E-state index in [0.717, 1.165) is 4.68 Å². The molecule has 0 spiro atoms. The molecule has 29 heavy (non-hydrogen) atoms. The second kappa shape index (κ2) is 8.19. The number of ether oxygens (including phenoxy) is 1. The summed E-state index contributed by atoms with van der Waals surface area (Å²) in [6, 6.07) is 16.8. The summed E-state index contributed by atoms with van der Waals surface area (Å²) in [6.07, 6.45) is 0. The summed E-state index contributed by atoms with van der Waals surface area (Å²) in [4.78, 5) is 37.5. The van der Waals surface area contributed by atoms with Crippen molar-refractivity contribution in [1.29, 1.82) is 5.26 Å². The zero-order chi connectivity index (χ0) is 21.0. The minimum atomic E-state index is -0.897. The molecule has 8 heteroatoms. The van der Waals surface area contributed by atoms with Crippen LogP contribution in [-0.2, 0) is 9.53 Å². The first-order valence-electron chi connectivity index (χ1n) is 8.58. The Kier molecular flexibility index (Phi) is 5.51. The molecule has 2 N–H and O–H groups in total. The molecular weight excluding hydrogens is 372 g/mol. The summed E-state index contributed by atoms with van der Waals surface area (Å²) in [5.74, 6) is -1.62. The third kappa shape index (κ3) is 3.89. The number of nitriles is 1. The lowest BCUT2D eigenvalue weighted by molar-refractivity contribution is -0.118. The van der Waals surface area contributed by atoms with Gasteiger partial charge in [0.15, 0.2) is 12.3 Å². The molecule has 0 bridgehead atoms. The number of nitrogens with zero attached hydrogens (tertiary/aromatic N) is 3. The number of hydrogen-bond acceptors (Lipinski definition) is 7. The first-order chi connectivity index (χ1) is 13.9. The molecule has 2 aromatic carbocycles. The van der Waals surface area contributed by atoms with Crippen LogP contribution in [0.15, 0.2) is 70.7 Å². The number of esters is 1. The molecule has 0 aliphatic heterocycles. The van der Waals surface area contributed by atoms with Crippen LogP contribution in [0.4, 0.5) is 0 Å². The smallest absolute Gasteiger partial charge is 0.359 e. The van der Waals surface area contributed by atoms with Crippen molar-refractivity contribution < 1.29 is 14.3 Å². The standard InChI is InChI=1S/C21H16N4O4/c1-13(23)17(11-22)18(26)12-29-21(28)19-15-9-5-6-10-16(15)20(27)25(24-19)14-7-3-2-4-8-14/h2-10H,12,23H2,1H3/b17-13+. The van der Waals surface area contributed by atoms with E-state index in [1.54, 1.807) is 60.7 Å². The Morgan fingerprint density at radius 3 is 2.34 bits per heavy atom. The van der Waals surface area contributed by atoms with Gasteiger partial charge in [-0.05, 0) is 25.1 Å². The summed E-state index contributed by atoms with van der Waals surface area (Å²) in [5.41, 5.74) is 5.21. The number of benzene rings is 2. The van der Waals surface area contributed by atoms with Gasteiger partial charge in [0, 0.05) is 11.1 Å². The number of nitrogens with two attached hydrogens (primary N) is 1. The molecule has 0 radical (unpaired) electrons. The average Bonchev–Trinajstić information content (AvgIpc) is 2.73. The van der Waals surface area contributed by atoms with Gasteiger partial charge < -0.3 is 10.5 Å². The van der Waals surface area contributed by atoms with Crippen LogP contribution in [-0.4, -0.2) is 28.1 Å². The van der Waals surface area contributed by atoms with E-state index in [9.17, 15) is 14.4 Å². The highest BCUT2D eigenvalue weighted by Gasteiger charge is 2.21. The quantitative estimate of drug-likeness (QED) is 0.401. The van der Waals surface area contributed by atoms with Crippen LogP contribution in [0.5, 0.6) is 0 Å². The van der Waals surface area contributed by atoms with Crippen LogP contribution < -0.4 is 11.3 Å². The molecule has 3 rings (SSSR count). The topological polar surface area (TPSA) is 128 Å². The maximum atomic E-state index is 12.8. The van der Waals surface area contributed by atoms with E-state index in [1.165, 1.54) is 6.92 Å². The number of hydrogen-bond donors (Lipinski definition) is 1. The van der Waals surface area contributed by atoms with Crippen molar-refractivity contribution in [2.45, 2.75) is 6.92 Å². The normalized spacial score (nSPS) is 11.4. The van der Waals surface area contributed by atoms with Gasteiger partial charge in [-0.3, -0.25) is 9.59 Å². The number of aromatic nitrogens is 2. The largest absolute Gasteiger partial charge is 0.452 e. The predicted octanol–water partition coefficient (Wildman–Crippen LogP) is 1.87. The zero-order valence-electron chi connectivity index (χ0n) is 15.5. The van der Waals surface area contributed by atoms with Gasteiger partial charge in [0.2, 0.25) is 5.78 Å². The molecule has 1 aromatic heterocycles. The molecule has 0 unspecified atom stereocenters. The summed E-state index contributed by atoms with van der Waals surface area (Å²) < 4.78 is 6.16. The maximum Gasteiger partial charge on any atom is 0.359 e. The second-order valence-electron chi connectivity index (χ2n) is 6.12. The van der Waals surface area contributed by atoms with Crippen LogP contribution in [0.2, 0.25) is 0 Å². The fourth-order valence-corrected chi connectivity index (χ4v) is 2.73. The van der Waals surface area contributed by atoms with Gasteiger partial charge in [-0.25, -0.2) is 4.79 Å². The Morgan fingerprint density at radius 2 is 1.72 bits per heavy atom. The molecule has 1 heterocycles. The highest BCUT2D eigenvalue weighted by Crippen LogP contribution is 2.16. The molecular formula is C21H16N4O4. The van der Waals surface area contributed by atoms with Crippen molar-refractivity contribution in [3.8, 4) is 11.8 Å². The molecule has 0 aliphatic rings. The Balaban J connectivity index is 2.03. The molecule has 0 aliphatic carbocycles. The molecule has 0 saturated heterocycles. The van der Waals surface area contributed by atoms with Crippen LogP contribution in [0.3, 0.4) is 0 Å². The highest BCUT2D eigenvalue weighted by atomic mass is 16.5. The van der Waals surface area contributed by atoms with Crippen LogP contribution in [0.25, 0.3) is 16.5 Å². The summed E-state index contributed by atoms with van der Waals surface area (Å²) in [6.45, 7) is 0.736. The number of ketones is 1. The Bertz CT molecular complexity index is 1230. The minimum Gasteiger partial charge on any atom is -0.452 e. The van der Waals surface area contributed by atoms with Crippen molar-refractivity contribution in [2.24, 2.45) is 5.73 Å². The number of carbonyl (C=O) groups excluding carboxylic acids is 2. The minimum absolute atomic E-state index is 0.0368. The van der Waals surface area contributed by atoms with Crippen molar-refractivity contribution in [1.82, 2.24) is 9.78 Å². The van der Waals surface area contributed by atoms with E-state index in [0.29, 0.717) is 11.1 Å². The Hall–Kier alpha value is -4.25. The van der Waals surface area contributed by atoms with Crippen molar-refractivity contribution in [3.05, 3.63) is 81.9 Å². The fourth-order valence-electron chi connectivity index (χ4n) is 2.73. The van der Waals surface area contributed by atoms with E-state index in [1.807, 2.05) is 0 Å². The highest BCUT2D eigenvalue weighted by molar-refractivity contribution is 6.05. The van der Waals surface area contributed by atoms with Crippen LogP contribution in [0, 0.1) is 11.3 Å². The summed E-state index contributed by atoms with van der Waals surface area (Å²) in [7, 11) is 0. The number of allylic oxidation sites excluding steroid dienone is 1. The fraction of sp³-hybridized carbons (Fsp3) is 0.0952. The lowest BCUT2D eigenvalue weighted by Crippen LogP contribution is -2.26. The zero-order valence-corrected chi connectivity index (χ0v) is 15.5. The molecule has 0 fully saturated rings. The third-order valence-corrected chi connectivity index (χ3v) is 4.12. The van der Waals surface area contributed by atoms with E-state index in [-0.39, 0.29) is 22.4 Å². The molecule has 0 amide bonds. The third-order valence-electron chi connectivity index (χ3n) is 4.12. The molecule has 0 atom stereocenters. The van der Waals surface area contributed by atoms with Crippen molar-refractivity contribution in [2.75, 3.05) is 6.61 Å². The molecule has 8 nitrogen and oxygen atoms in total. The van der Waals surface area contributed by atoms with E-state index in [4.69, 9.17) is 15.7 Å². The summed E-state index contributed by atoms with van der Waals surface area (Å²) in [5, 5.41) is 13.7. The first-order valence-corrected chi connectivity index (χ1v) is 8.58. The molecule has 3 aromatic rings. The van der Waals surface area contributed by atoms with E-state index >= 15 is 0 Å². The van der Waals surface area contributed by atoms with Crippen LogP contribution in [0.1, 0.15) is 17.4 Å². The number of Topliss-reactive ketones (excluding diaryl/α,β-unsaturated/α-hetero) is 1. The van der Waals surface area contributed by atoms with Crippen LogP contribution >= 0.6 is 0 Å². The van der Waals surface area contributed by atoms with Gasteiger partial charge in [-0.15, -0.1) is 0 Å². The Morgan fingerprint density at radius 1 is 1.10 bits per heavy atom. The number of rotatable bonds is 5. The van der Waals surface area contributed by atoms with Crippen molar-refractivity contribution in [3.63, 3.8) is 0 Å².